The van der Waals surface area contributed by atoms with E-state index in [1.165, 1.54) is 41.0 Å². The predicted octanol–water partition coefficient (Wildman–Crippen LogP) is 4.36. The van der Waals surface area contributed by atoms with Crippen LogP contribution < -0.4 is 10.2 Å². The zero-order chi connectivity index (χ0) is 21.2. The maximum absolute atomic E-state index is 13.2. The van der Waals surface area contributed by atoms with Crippen molar-refractivity contribution in [1.29, 1.82) is 0 Å². The van der Waals surface area contributed by atoms with Crippen molar-refractivity contribution in [3.63, 3.8) is 0 Å². The van der Waals surface area contributed by atoms with Crippen molar-refractivity contribution in [3.8, 4) is 11.3 Å². The highest BCUT2D eigenvalue weighted by atomic mass is 32.1. The Morgan fingerprint density at radius 1 is 1.07 bits per heavy atom. The Labute approximate surface area is 167 Å². The van der Waals surface area contributed by atoms with Crippen molar-refractivity contribution in [1.82, 2.24) is 9.88 Å². The average Bonchev–Trinajstić information content (AvgIpc) is 2.93. The Balaban J connectivity index is 1.71. The molecule has 152 valence electrons. The third kappa shape index (κ3) is 4.92. The van der Waals surface area contributed by atoms with Crippen molar-refractivity contribution in [2.45, 2.75) is 26.2 Å². The lowest BCUT2D eigenvalue weighted by Crippen LogP contribution is -2.30. The molecule has 1 amide bonds. The SMILES string of the molecule is Cc1sc(=O)n(CC(=O)NCc2ccc(C(F)(F)F)cc2)c1-c1ccc(F)cc1. The van der Waals surface area contributed by atoms with Gasteiger partial charge in [-0.2, -0.15) is 13.2 Å². The quantitative estimate of drug-likeness (QED) is 0.619. The molecule has 4 nitrogen and oxygen atoms in total. The summed E-state index contributed by atoms with van der Waals surface area (Å²) in [6.45, 7) is 1.51. The summed E-state index contributed by atoms with van der Waals surface area (Å²) in [5.74, 6) is -0.877. The fourth-order valence-electron chi connectivity index (χ4n) is 2.84. The second kappa shape index (κ2) is 8.20. The van der Waals surface area contributed by atoms with Crippen molar-refractivity contribution in [2.75, 3.05) is 0 Å². The molecule has 29 heavy (non-hydrogen) atoms. The summed E-state index contributed by atoms with van der Waals surface area (Å²) in [7, 11) is 0. The van der Waals surface area contributed by atoms with E-state index in [1.54, 1.807) is 6.92 Å². The molecule has 0 fully saturated rings. The third-order valence-electron chi connectivity index (χ3n) is 4.25. The first-order valence-corrected chi connectivity index (χ1v) is 9.36. The number of thiazole rings is 1. The molecule has 0 radical (unpaired) electrons. The van der Waals surface area contributed by atoms with Gasteiger partial charge in [0.15, 0.2) is 0 Å². The van der Waals surface area contributed by atoms with Crippen LogP contribution in [0.15, 0.2) is 53.3 Å². The predicted molar refractivity (Wildman–Crippen MR) is 102 cm³/mol. The van der Waals surface area contributed by atoms with E-state index in [1.807, 2.05) is 0 Å². The van der Waals surface area contributed by atoms with Crippen LogP contribution in [0, 0.1) is 12.7 Å². The summed E-state index contributed by atoms with van der Waals surface area (Å²) >= 11 is 0.982. The van der Waals surface area contributed by atoms with E-state index in [9.17, 15) is 27.2 Å². The molecule has 0 bridgehead atoms. The van der Waals surface area contributed by atoms with Gasteiger partial charge >= 0.3 is 11.0 Å². The van der Waals surface area contributed by atoms with Crippen LogP contribution >= 0.6 is 11.3 Å². The number of halogens is 4. The number of hydrogen-bond acceptors (Lipinski definition) is 3. The van der Waals surface area contributed by atoms with E-state index >= 15 is 0 Å². The van der Waals surface area contributed by atoms with Gasteiger partial charge in [0.2, 0.25) is 5.91 Å². The highest BCUT2D eigenvalue weighted by Crippen LogP contribution is 2.29. The Morgan fingerprint density at radius 2 is 1.69 bits per heavy atom. The third-order valence-corrected chi connectivity index (χ3v) is 5.15. The highest BCUT2D eigenvalue weighted by molar-refractivity contribution is 7.09. The Kier molecular flexibility index (Phi) is 5.88. The largest absolute Gasteiger partial charge is 0.416 e. The molecule has 1 N–H and O–H groups in total. The van der Waals surface area contributed by atoms with Gasteiger partial charge in [0.05, 0.1) is 11.3 Å². The number of amides is 1. The summed E-state index contributed by atoms with van der Waals surface area (Å²) in [5.41, 5.74) is 0.873. The van der Waals surface area contributed by atoms with Crippen molar-refractivity contribution < 1.29 is 22.4 Å². The molecule has 2 aromatic carbocycles. The van der Waals surface area contributed by atoms with Crippen molar-refractivity contribution >= 4 is 17.2 Å². The van der Waals surface area contributed by atoms with Crippen LogP contribution in [0.4, 0.5) is 17.6 Å². The van der Waals surface area contributed by atoms with Gasteiger partial charge in [-0.15, -0.1) is 0 Å². The van der Waals surface area contributed by atoms with Gasteiger partial charge in [-0.25, -0.2) is 4.39 Å². The average molecular weight is 424 g/mol. The number of nitrogens with one attached hydrogen (secondary N) is 1. The van der Waals surface area contributed by atoms with Crippen LogP contribution in [0.5, 0.6) is 0 Å². The molecular formula is C20H16F4N2O2S. The lowest BCUT2D eigenvalue weighted by Gasteiger charge is -2.11. The van der Waals surface area contributed by atoms with E-state index in [0.29, 0.717) is 21.7 Å². The van der Waals surface area contributed by atoms with Crippen LogP contribution in [0.3, 0.4) is 0 Å². The zero-order valence-electron chi connectivity index (χ0n) is 15.2. The number of nitrogens with zero attached hydrogens (tertiary/aromatic N) is 1. The van der Waals surface area contributed by atoms with Gasteiger partial charge in [0.1, 0.15) is 12.4 Å². The van der Waals surface area contributed by atoms with Gasteiger partial charge in [0.25, 0.3) is 0 Å². The van der Waals surface area contributed by atoms with Gasteiger partial charge in [-0.05, 0) is 54.4 Å². The topological polar surface area (TPSA) is 51.1 Å². The van der Waals surface area contributed by atoms with Gasteiger partial charge in [-0.1, -0.05) is 23.5 Å². The summed E-state index contributed by atoms with van der Waals surface area (Å²) < 4.78 is 52.3. The number of aryl methyl sites for hydroxylation is 1. The summed E-state index contributed by atoms with van der Waals surface area (Å²) in [5, 5.41) is 2.59. The van der Waals surface area contributed by atoms with Crippen LogP contribution in [0.1, 0.15) is 16.0 Å². The molecule has 0 aliphatic heterocycles. The van der Waals surface area contributed by atoms with Crippen LogP contribution in [-0.4, -0.2) is 10.5 Å². The smallest absolute Gasteiger partial charge is 0.350 e. The molecule has 1 heterocycles. The molecule has 3 aromatic rings. The number of carbonyl (C=O) groups is 1. The molecule has 0 atom stereocenters. The Bertz CT molecular complexity index is 1070. The zero-order valence-corrected chi connectivity index (χ0v) is 16.0. The van der Waals surface area contributed by atoms with Crippen LogP contribution in [0.25, 0.3) is 11.3 Å². The molecule has 0 saturated heterocycles. The van der Waals surface area contributed by atoms with Gasteiger partial charge in [0, 0.05) is 11.4 Å². The minimum Gasteiger partial charge on any atom is -0.350 e. The molecular weight excluding hydrogens is 408 g/mol. The molecule has 9 heteroatoms. The fraction of sp³-hybridized carbons (Fsp3) is 0.200. The Morgan fingerprint density at radius 3 is 2.28 bits per heavy atom. The molecule has 0 unspecified atom stereocenters. The lowest BCUT2D eigenvalue weighted by atomic mass is 10.1. The molecule has 0 aliphatic rings. The van der Waals surface area contributed by atoms with Crippen LogP contribution in [0.2, 0.25) is 0 Å². The first-order valence-electron chi connectivity index (χ1n) is 8.54. The summed E-state index contributed by atoms with van der Waals surface area (Å²) in [6.07, 6.45) is -4.42. The first kappa shape index (κ1) is 20.8. The van der Waals surface area contributed by atoms with E-state index < -0.39 is 23.5 Å². The second-order valence-corrected chi connectivity index (χ2v) is 7.50. The summed E-state index contributed by atoms with van der Waals surface area (Å²) in [6, 6.07) is 10.1. The maximum Gasteiger partial charge on any atom is 0.416 e. The number of benzene rings is 2. The molecule has 1 aromatic heterocycles. The number of carbonyl (C=O) groups excluding carboxylic acids is 1. The molecule has 0 aliphatic carbocycles. The summed E-state index contributed by atoms with van der Waals surface area (Å²) in [4.78, 5) is 24.9. The standard InChI is InChI=1S/C20H16F4N2O2S/c1-12-18(14-4-8-16(21)9-5-14)26(19(28)29-12)11-17(27)25-10-13-2-6-15(7-3-13)20(22,23)24/h2-9H,10-11H2,1H3,(H,25,27). The number of aromatic nitrogens is 1. The van der Waals surface area contributed by atoms with E-state index in [-0.39, 0.29) is 18.0 Å². The van der Waals surface area contributed by atoms with Crippen LogP contribution in [-0.2, 0) is 24.1 Å². The fourth-order valence-corrected chi connectivity index (χ4v) is 3.69. The second-order valence-electron chi connectivity index (χ2n) is 6.34. The monoisotopic (exact) mass is 424 g/mol. The van der Waals surface area contributed by atoms with E-state index in [0.717, 1.165) is 23.5 Å². The van der Waals surface area contributed by atoms with E-state index in [4.69, 9.17) is 0 Å². The minimum absolute atomic E-state index is 0.0285. The van der Waals surface area contributed by atoms with Crippen molar-refractivity contribution in [2.24, 2.45) is 0 Å². The molecule has 3 rings (SSSR count). The molecule has 0 spiro atoms. The molecule has 0 saturated carbocycles. The first-order chi connectivity index (χ1) is 13.6. The van der Waals surface area contributed by atoms with Crippen molar-refractivity contribution in [3.05, 3.63) is 80.0 Å². The van der Waals surface area contributed by atoms with Gasteiger partial charge in [-0.3, -0.25) is 14.2 Å². The Hall–Kier alpha value is -2.94. The minimum atomic E-state index is -4.42. The lowest BCUT2D eigenvalue weighted by molar-refractivity contribution is -0.137. The van der Waals surface area contributed by atoms with E-state index in [2.05, 4.69) is 5.32 Å². The number of alkyl halides is 3. The highest BCUT2D eigenvalue weighted by Gasteiger charge is 2.29. The number of rotatable bonds is 5. The van der Waals surface area contributed by atoms with Gasteiger partial charge < -0.3 is 5.32 Å². The normalized spacial score (nSPS) is 11.5. The maximum atomic E-state index is 13.2. The number of hydrogen-bond donors (Lipinski definition) is 1.